The highest BCUT2D eigenvalue weighted by Gasteiger charge is 2.44. The first-order chi connectivity index (χ1) is 12.4. The fraction of sp³-hybridized carbons (Fsp3) is 0.118. The lowest BCUT2D eigenvalue weighted by molar-refractivity contribution is -0.141. The van der Waals surface area contributed by atoms with Crippen LogP contribution in [0.15, 0.2) is 48.0 Å². The lowest BCUT2D eigenvalue weighted by Gasteiger charge is -2.25. The molecule has 0 aliphatic carbocycles. The quantitative estimate of drug-likeness (QED) is 0.697. The fourth-order valence-electron chi connectivity index (χ4n) is 3.14. The molecule has 3 aromatic rings. The molecule has 26 heavy (non-hydrogen) atoms. The number of pyridine rings is 1. The van der Waals surface area contributed by atoms with Gasteiger partial charge in [-0.15, -0.1) is 5.10 Å². The first kappa shape index (κ1) is 16.0. The average molecular weight is 357 g/mol. The third-order valence-electron chi connectivity index (χ3n) is 4.22. The maximum atomic E-state index is 13.5. The summed E-state index contributed by atoms with van der Waals surface area (Å²) >= 11 is 0. The first-order valence-electron chi connectivity index (χ1n) is 7.48. The third kappa shape index (κ3) is 2.27. The molecule has 0 spiro atoms. The highest BCUT2D eigenvalue weighted by Crippen LogP contribution is 2.47. The first-order valence-corrected chi connectivity index (χ1v) is 7.48. The summed E-state index contributed by atoms with van der Waals surface area (Å²) in [4.78, 5) is 4.21. The minimum Gasteiger partial charge on any atom is -0.420 e. The van der Waals surface area contributed by atoms with Crippen LogP contribution in [0.1, 0.15) is 22.7 Å². The Bertz CT molecular complexity index is 1090. The number of allylic oxidation sites excluding steroid dienone is 1. The van der Waals surface area contributed by atoms with Gasteiger partial charge < -0.3 is 10.5 Å². The minimum atomic E-state index is -4.70. The number of hydrogen-bond acceptors (Lipinski definition) is 5. The summed E-state index contributed by atoms with van der Waals surface area (Å²) < 4.78 is 45.6. The Hall–Kier alpha value is -3.54. The second-order valence-corrected chi connectivity index (χ2v) is 5.66. The zero-order valence-electron chi connectivity index (χ0n) is 13.0. The van der Waals surface area contributed by atoms with Crippen molar-refractivity contribution in [3.63, 3.8) is 0 Å². The Morgan fingerprint density at radius 1 is 1.23 bits per heavy atom. The van der Waals surface area contributed by atoms with Gasteiger partial charge in [-0.25, -0.2) is 0 Å². The van der Waals surface area contributed by atoms with Crippen LogP contribution in [0.4, 0.5) is 13.2 Å². The van der Waals surface area contributed by atoms with Gasteiger partial charge in [-0.2, -0.15) is 18.4 Å². The van der Waals surface area contributed by atoms with E-state index in [1.54, 1.807) is 30.3 Å². The molecule has 0 radical (unpaired) electrons. The lowest BCUT2D eigenvalue weighted by Crippen LogP contribution is -2.23. The number of rotatable bonds is 1. The number of hydrogen-bond donors (Lipinski definition) is 2. The van der Waals surface area contributed by atoms with Gasteiger partial charge in [0.2, 0.25) is 11.8 Å². The SMILES string of the molecule is N#CC1=C(N)Oc2n[nH]c(C(F)(F)F)c2C1c1ccnc2ccccc12. The highest BCUT2D eigenvalue weighted by atomic mass is 19.4. The smallest absolute Gasteiger partial charge is 0.420 e. The van der Waals surface area contributed by atoms with Gasteiger partial charge >= 0.3 is 6.18 Å². The molecule has 1 atom stereocenters. The molecular formula is C17H10F3N5O. The van der Waals surface area contributed by atoms with Gasteiger partial charge in [-0.3, -0.25) is 10.1 Å². The zero-order chi connectivity index (χ0) is 18.5. The number of H-pyrrole nitrogens is 1. The van der Waals surface area contributed by atoms with E-state index in [-0.39, 0.29) is 22.9 Å². The molecule has 1 unspecified atom stereocenters. The van der Waals surface area contributed by atoms with Crippen LogP contribution in [-0.2, 0) is 6.18 Å². The van der Waals surface area contributed by atoms with Crippen LogP contribution >= 0.6 is 0 Å². The van der Waals surface area contributed by atoms with Gasteiger partial charge in [0.05, 0.1) is 17.0 Å². The number of nitrogens with two attached hydrogens (primary N) is 1. The predicted molar refractivity (Wildman–Crippen MR) is 84.6 cm³/mol. The molecule has 2 aromatic heterocycles. The molecule has 1 aromatic carbocycles. The molecule has 0 saturated heterocycles. The van der Waals surface area contributed by atoms with E-state index in [4.69, 9.17) is 10.5 Å². The van der Waals surface area contributed by atoms with Crippen LogP contribution in [0.3, 0.4) is 0 Å². The van der Waals surface area contributed by atoms with Crippen molar-refractivity contribution >= 4 is 10.9 Å². The van der Waals surface area contributed by atoms with Crippen molar-refractivity contribution in [3.05, 3.63) is 64.8 Å². The molecule has 9 heteroatoms. The topological polar surface area (TPSA) is 101 Å². The Morgan fingerprint density at radius 2 is 2.00 bits per heavy atom. The summed E-state index contributed by atoms with van der Waals surface area (Å²) in [5, 5.41) is 15.7. The van der Waals surface area contributed by atoms with Crippen molar-refractivity contribution in [3.8, 4) is 11.9 Å². The van der Waals surface area contributed by atoms with E-state index < -0.39 is 17.8 Å². The molecule has 1 aliphatic heterocycles. The normalized spacial score (nSPS) is 16.9. The Morgan fingerprint density at radius 3 is 2.73 bits per heavy atom. The number of ether oxygens (including phenoxy) is 1. The number of para-hydroxylation sites is 1. The number of fused-ring (bicyclic) bond motifs is 2. The Labute approximate surface area is 144 Å². The second-order valence-electron chi connectivity index (χ2n) is 5.66. The fourth-order valence-corrected chi connectivity index (χ4v) is 3.14. The average Bonchev–Trinajstić information content (AvgIpc) is 3.03. The minimum absolute atomic E-state index is 0.110. The van der Waals surface area contributed by atoms with E-state index in [0.717, 1.165) is 0 Å². The molecule has 0 saturated carbocycles. The summed E-state index contributed by atoms with van der Waals surface area (Å²) in [5.74, 6) is -1.64. The van der Waals surface area contributed by atoms with Crippen LogP contribution in [0.2, 0.25) is 0 Å². The molecule has 130 valence electrons. The van der Waals surface area contributed by atoms with Crippen molar-refractivity contribution < 1.29 is 17.9 Å². The Balaban J connectivity index is 2.06. The molecule has 0 amide bonds. The molecule has 3 N–H and O–H groups in total. The highest BCUT2D eigenvalue weighted by molar-refractivity contribution is 5.84. The summed E-state index contributed by atoms with van der Waals surface area (Å²) in [5.41, 5.74) is 5.39. The van der Waals surface area contributed by atoms with E-state index in [1.807, 2.05) is 11.2 Å². The number of aromatic nitrogens is 3. The van der Waals surface area contributed by atoms with Crippen molar-refractivity contribution in [1.29, 1.82) is 5.26 Å². The number of nitrogens with zero attached hydrogens (tertiary/aromatic N) is 3. The largest absolute Gasteiger partial charge is 0.433 e. The number of benzene rings is 1. The molecule has 6 nitrogen and oxygen atoms in total. The van der Waals surface area contributed by atoms with Crippen molar-refractivity contribution in [2.45, 2.75) is 12.1 Å². The number of alkyl halides is 3. The van der Waals surface area contributed by atoms with Crippen molar-refractivity contribution in [1.82, 2.24) is 15.2 Å². The Kier molecular flexibility index (Phi) is 3.37. The van der Waals surface area contributed by atoms with Crippen molar-refractivity contribution in [2.24, 2.45) is 5.73 Å². The number of aromatic amines is 1. The number of halogens is 3. The molecule has 1 aliphatic rings. The molecular weight excluding hydrogens is 347 g/mol. The van der Waals surface area contributed by atoms with Gasteiger partial charge in [-0.1, -0.05) is 18.2 Å². The van der Waals surface area contributed by atoms with Crippen molar-refractivity contribution in [2.75, 3.05) is 0 Å². The molecule has 3 heterocycles. The summed E-state index contributed by atoms with van der Waals surface area (Å²) in [7, 11) is 0. The monoisotopic (exact) mass is 357 g/mol. The standard InChI is InChI=1S/C17H10F3N5O/c18-17(19,20)14-13-12(10(7-21)15(22)26-16(13)25-24-14)9-5-6-23-11-4-2-1-3-8(9)11/h1-6,12H,22H2,(H,24,25). The van der Waals surface area contributed by atoms with Gasteiger partial charge in [0, 0.05) is 11.6 Å². The summed E-state index contributed by atoms with van der Waals surface area (Å²) in [6.45, 7) is 0. The van der Waals surface area contributed by atoms with E-state index in [2.05, 4.69) is 10.1 Å². The van der Waals surface area contributed by atoms with E-state index in [1.165, 1.54) is 6.20 Å². The maximum Gasteiger partial charge on any atom is 0.433 e. The lowest BCUT2D eigenvalue weighted by atomic mass is 9.82. The molecule has 4 rings (SSSR count). The van der Waals surface area contributed by atoms with Gasteiger partial charge in [0.15, 0.2) is 0 Å². The van der Waals surface area contributed by atoms with Crippen LogP contribution in [0.25, 0.3) is 10.9 Å². The summed E-state index contributed by atoms with van der Waals surface area (Å²) in [6.07, 6.45) is -3.22. The van der Waals surface area contributed by atoms with Gasteiger partial charge in [0.1, 0.15) is 17.3 Å². The van der Waals surface area contributed by atoms with E-state index in [9.17, 15) is 18.4 Å². The van der Waals surface area contributed by atoms with Crippen LogP contribution < -0.4 is 10.5 Å². The van der Waals surface area contributed by atoms with Gasteiger partial charge in [-0.05, 0) is 17.7 Å². The van der Waals surface area contributed by atoms with Crippen LogP contribution in [-0.4, -0.2) is 15.2 Å². The number of nitriles is 1. The van der Waals surface area contributed by atoms with Gasteiger partial charge in [0.25, 0.3) is 0 Å². The maximum absolute atomic E-state index is 13.5. The van der Waals surface area contributed by atoms with Crippen LogP contribution in [0.5, 0.6) is 5.88 Å². The zero-order valence-corrected chi connectivity index (χ0v) is 13.0. The summed E-state index contributed by atoms with van der Waals surface area (Å²) in [6, 6.07) is 10.4. The third-order valence-corrected chi connectivity index (χ3v) is 4.22. The predicted octanol–water partition coefficient (Wildman–Crippen LogP) is 3.19. The number of nitrogens with one attached hydrogen (secondary N) is 1. The molecule has 0 bridgehead atoms. The van der Waals surface area contributed by atoms with E-state index >= 15 is 0 Å². The van der Waals surface area contributed by atoms with E-state index in [0.29, 0.717) is 16.5 Å². The van der Waals surface area contributed by atoms with Crippen LogP contribution in [0, 0.1) is 11.3 Å². The second kappa shape index (κ2) is 5.49. The molecule has 0 fully saturated rings.